The van der Waals surface area contributed by atoms with E-state index in [4.69, 9.17) is 4.74 Å². The fraction of sp³-hybridized carbons (Fsp3) is 0.250. The minimum atomic E-state index is -0.513. The topological polar surface area (TPSA) is 64.1 Å². The summed E-state index contributed by atoms with van der Waals surface area (Å²) in [5.74, 6) is -0.513. The monoisotopic (exact) mass is 284 g/mol. The molecule has 0 spiro atoms. The number of pyridine rings is 1. The van der Waals surface area contributed by atoms with Gasteiger partial charge >= 0.3 is 5.97 Å². The molecule has 0 fully saturated rings. The Hall–Kier alpha value is -2.56. The van der Waals surface area contributed by atoms with Gasteiger partial charge in [-0.3, -0.25) is 4.79 Å². The zero-order chi connectivity index (χ0) is 15.1. The summed E-state index contributed by atoms with van der Waals surface area (Å²) in [4.78, 5) is 27.2. The third-order valence-corrected chi connectivity index (χ3v) is 3.75. The Morgan fingerprint density at radius 1 is 1.33 bits per heavy atom. The molecule has 0 saturated heterocycles. The summed E-state index contributed by atoms with van der Waals surface area (Å²) < 4.78 is 6.96. The van der Waals surface area contributed by atoms with E-state index >= 15 is 0 Å². The van der Waals surface area contributed by atoms with Crippen LogP contribution in [0.5, 0.6) is 0 Å². The van der Waals surface area contributed by atoms with Gasteiger partial charge < -0.3 is 14.3 Å². The van der Waals surface area contributed by atoms with Crippen LogP contribution in [0.2, 0.25) is 0 Å². The third kappa shape index (κ3) is 2.01. The maximum Gasteiger partial charge on any atom is 0.354 e. The zero-order valence-corrected chi connectivity index (χ0v) is 12.2. The van der Waals surface area contributed by atoms with Crippen molar-refractivity contribution >= 4 is 27.8 Å². The van der Waals surface area contributed by atoms with Crippen LogP contribution >= 0.6 is 0 Å². The van der Waals surface area contributed by atoms with Crippen LogP contribution in [-0.4, -0.2) is 22.1 Å². The molecule has 1 aromatic carbocycles. The normalized spacial score (nSPS) is 11.2. The van der Waals surface area contributed by atoms with Crippen LogP contribution in [0.4, 0.5) is 0 Å². The van der Waals surface area contributed by atoms with E-state index in [1.807, 2.05) is 36.7 Å². The molecule has 2 aromatic heterocycles. The van der Waals surface area contributed by atoms with Crippen molar-refractivity contribution in [3.8, 4) is 0 Å². The van der Waals surface area contributed by atoms with Crippen LogP contribution in [0.25, 0.3) is 21.8 Å². The average molecular weight is 284 g/mol. The largest absolute Gasteiger partial charge is 0.461 e. The number of ether oxygens (including phenoxy) is 1. The highest BCUT2D eigenvalue weighted by molar-refractivity contribution is 6.06. The number of benzene rings is 1. The average Bonchev–Trinajstić information content (AvgIpc) is 2.74. The van der Waals surface area contributed by atoms with Crippen LogP contribution in [-0.2, 0) is 11.8 Å². The number of hydrogen-bond acceptors (Lipinski definition) is 3. The van der Waals surface area contributed by atoms with Gasteiger partial charge in [0.15, 0.2) is 5.43 Å². The number of esters is 1. The molecule has 0 aliphatic heterocycles. The lowest BCUT2D eigenvalue weighted by Gasteiger charge is -2.05. The van der Waals surface area contributed by atoms with Crippen LogP contribution < -0.4 is 5.43 Å². The second-order valence-corrected chi connectivity index (χ2v) is 5.03. The highest BCUT2D eigenvalue weighted by Gasteiger charge is 2.14. The van der Waals surface area contributed by atoms with Crippen molar-refractivity contribution in [1.29, 1.82) is 0 Å². The van der Waals surface area contributed by atoms with Crippen molar-refractivity contribution in [1.82, 2.24) is 9.55 Å². The Morgan fingerprint density at radius 2 is 2.10 bits per heavy atom. The van der Waals surface area contributed by atoms with E-state index in [1.54, 1.807) is 6.92 Å². The predicted molar refractivity (Wildman–Crippen MR) is 81.7 cm³/mol. The van der Waals surface area contributed by atoms with Gasteiger partial charge in [0.25, 0.3) is 0 Å². The smallest absolute Gasteiger partial charge is 0.354 e. The molecule has 0 amide bonds. The molecular weight excluding hydrogens is 268 g/mol. The van der Waals surface area contributed by atoms with Gasteiger partial charge in [0.2, 0.25) is 0 Å². The quantitative estimate of drug-likeness (QED) is 0.735. The number of nitrogens with zero attached hydrogens (tertiary/aromatic N) is 1. The molecule has 0 atom stereocenters. The fourth-order valence-corrected chi connectivity index (χ4v) is 2.62. The molecule has 21 heavy (non-hydrogen) atoms. The first kappa shape index (κ1) is 13.4. The van der Waals surface area contributed by atoms with E-state index in [9.17, 15) is 9.59 Å². The number of aryl methyl sites for hydroxylation is 2. The molecule has 0 saturated carbocycles. The number of carbonyl (C=O) groups excluding carboxylic acids is 1. The van der Waals surface area contributed by atoms with Crippen molar-refractivity contribution in [2.75, 3.05) is 6.61 Å². The van der Waals surface area contributed by atoms with Crippen LogP contribution in [0, 0.1) is 6.92 Å². The minimum absolute atomic E-state index is 0.178. The van der Waals surface area contributed by atoms with Crippen molar-refractivity contribution in [3.63, 3.8) is 0 Å². The Balaban J connectivity index is 2.33. The molecule has 5 heteroatoms. The molecule has 5 nitrogen and oxygen atoms in total. The molecule has 3 aromatic rings. The fourth-order valence-electron chi connectivity index (χ4n) is 2.62. The number of aromatic amines is 1. The lowest BCUT2D eigenvalue weighted by atomic mass is 10.1. The number of nitrogens with one attached hydrogen (secondary N) is 1. The standard InChI is InChI=1S/C16H16N2O3/c1-4-21-16(20)12-8-14(19)15-10-7-9(2)18(3)13(10)6-5-11(15)17-12/h5-8H,4H2,1-3H3,(H,17,19). The van der Waals surface area contributed by atoms with Crippen molar-refractivity contribution in [2.45, 2.75) is 13.8 Å². The summed E-state index contributed by atoms with van der Waals surface area (Å²) in [5.41, 5.74) is 2.72. The molecule has 0 bridgehead atoms. The van der Waals surface area contributed by atoms with Gasteiger partial charge in [-0.25, -0.2) is 4.79 Å². The Kier molecular flexibility index (Phi) is 3.05. The lowest BCUT2D eigenvalue weighted by Crippen LogP contribution is -2.12. The molecule has 0 radical (unpaired) electrons. The third-order valence-electron chi connectivity index (χ3n) is 3.75. The molecule has 0 aliphatic carbocycles. The predicted octanol–water partition coefficient (Wildman–Crippen LogP) is 2.50. The summed E-state index contributed by atoms with van der Waals surface area (Å²) >= 11 is 0. The zero-order valence-electron chi connectivity index (χ0n) is 12.2. The Bertz CT molecular complexity index is 919. The highest BCUT2D eigenvalue weighted by Crippen LogP contribution is 2.24. The molecule has 1 N–H and O–H groups in total. The van der Waals surface area contributed by atoms with Crippen LogP contribution in [0.1, 0.15) is 23.1 Å². The van der Waals surface area contributed by atoms with Gasteiger partial charge in [-0.1, -0.05) is 0 Å². The first-order valence-corrected chi connectivity index (χ1v) is 6.82. The maximum atomic E-state index is 12.4. The summed E-state index contributed by atoms with van der Waals surface area (Å²) in [7, 11) is 1.96. The van der Waals surface area contributed by atoms with E-state index in [2.05, 4.69) is 4.98 Å². The summed E-state index contributed by atoms with van der Waals surface area (Å²) in [6.45, 7) is 4.00. The van der Waals surface area contributed by atoms with Crippen molar-refractivity contribution in [2.24, 2.45) is 7.05 Å². The molecule has 0 aliphatic rings. The van der Waals surface area contributed by atoms with E-state index in [0.29, 0.717) is 10.9 Å². The van der Waals surface area contributed by atoms with Crippen LogP contribution in [0.15, 0.2) is 29.1 Å². The van der Waals surface area contributed by atoms with E-state index in [1.165, 1.54) is 6.07 Å². The summed E-state index contributed by atoms with van der Waals surface area (Å²) in [6, 6.07) is 7.05. The van der Waals surface area contributed by atoms with Gasteiger partial charge in [-0.15, -0.1) is 0 Å². The highest BCUT2D eigenvalue weighted by atomic mass is 16.5. The molecule has 108 valence electrons. The molecular formula is C16H16N2O3. The second-order valence-electron chi connectivity index (χ2n) is 5.03. The number of aromatic nitrogens is 2. The van der Waals surface area contributed by atoms with Gasteiger partial charge in [0.05, 0.1) is 17.5 Å². The van der Waals surface area contributed by atoms with E-state index < -0.39 is 5.97 Å². The summed E-state index contributed by atoms with van der Waals surface area (Å²) in [6.07, 6.45) is 0. The second kappa shape index (κ2) is 4.77. The number of H-pyrrole nitrogens is 1. The first-order valence-electron chi connectivity index (χ1n) is 6.82. The SMILES string of the molecule is CCOC(=O)c1cc(=O)c2c(ccc3c2cc(C)n3C)[nH]1. The number of rotatable bonds is 2. The van der Waals surface area contributed by atoms with Crippen LogP contribution in [0.3, 0.4) is 0 Å². The lowest BCUT2D eigenvalue weighted by molar-refractivity contribution is 0.0520. The summed E-state index contributed by atoms with van der Waals surface area (Å²) in [5, 5.41) is 1.49. The number of hydrogen-bond donors (Lipinski definition) is 1. The molecule has 3 rings (SSSR count). The van der Waals surface area contributed by atoms with Gasteiger partial charge in [0, 0.05) is 29.7 Å². The van der Waals surface area contributed by atoms with Crippen molar-refractivity contribution in [3.05, 3.63) is 45.9 Å². The Morgan fingerprint density at radius 3 is 2.81 bits per heavy atom. The maximum absolute atomic E-state index is 12.4. The number of carbonyl (C=O) groups is 1. The van der Waals surface area contributed by atoms with Gasteiger partial charge in [-0.2, -0.15) is 0 Å². The first-order chi connectivity index (χ1) is 10.0. The minimum Gasteiger partial charge on any atom is -0.461 e. The molecule has 0 unspecified atom stereocenters. The Labute approximate surface area is 121 Å². The van der Waals surface area contributed by atoms with Crippen molar-refractivity contribution < 1.29 is 9.53 Å². The number of fused-ring (bicyclic) bond motifs is 3. The molecule has 2 heterocycles. The van der Waals surface area contributed by atoms with E-state index in [0.717, 1.165) is 16.6 Å². The van der Waals surface area contributed by atoms with Gasteiger partial charge in [-0.05, 0) is 32.0 Å². The van der Waals surface area contributed by atoms with E-state index in [-0.39, 0.29) is 17.7 Å². The van der Waals surface area contributed by atoms with Gasteiger partial charge in [0.1, 0.15) is 5.69 Å².